The largest absolute Gasteiger partial charge is 0.506 e. The number of morpholine rings is 1. The van der Waals surface area contributed by atoms with E-state index in [0.717, 1.165) is 60.2 Å². The molecule has 3 nitrogen and oxygen atoms in total. The normalized spacial score (nSPS) is 17.0. The molecule has 0 bridgehead atoms. The Bertz CT molecular complexity index is 406. The Balaban J connectivity index is 1.86. The van der Waals surface area contributed by atoms with Crippen LogP contribution in [0.15, 0.2) is 21.1 Å². The Morgan fingerprint density at radius 2 is 1.94 bits per heavy atom. The van der Waals surface area contributed by atoms with Gasteiger partial charge in [0.15, 0.2) is 0 Å². The maximum Gasteiger partial charge on any atom is 0.133 e. The zero-order valence-corrected chi connectivity index (χ0v) is 13.3. The molecule has 1 saturated heterocycles. The first kappa shape index (κ1) is 14.3. The molecule has 1 aromatic carbocycles. The van der Waals surface area contributed by atoms with E-state index >= 15 is 0 Å². The van der Waals surface area contributed by atoms with Gasteiger partial charge in [-0.3, -0.25) is 4.90 Å². The van der Waals surface area contributed by atoms with Gasteiger partial charge in [0.25, 0.3) is 0 Å². The number of rotatable bonds is 4. The van der Waals surface area contributed by atoms with Crippen molar-refractivity contribution in [3.8, 4) is 5.75 Å². The number of phenolic OH excluding ortho intramolecular Hbond substituents is 1. The van der Waals surface area contributed by atoms with E-state index in [4.69, 9.17) is 4.74 Å². The van der Waals surface area contributed by atoms with E-state index in [0.29, 0.717) is 5.75 Å². The van der Waals surface area contributed by atoms with Crippen molar-refractivity contribution in [2.24, 2.45) is 0 Å². The van der Waals surface area contributed by atoms with Gasteiger partial charge in [-0.15, -0.1) is 0 Å². The van der Waals surface area contributed by atoms with Gasteiger partial charge in [0.1, 0.15) is 5.75 Å². The van der Waals surface area contributed by atoms with E-state index in [9.17, 15) is 5.11 Å². The highest BCUT2D eigenvalue weighted by Gasteiger charge is 2.11. The number of nitrogens with zero attached hydrogens (tertiary/aromatic N) is 1. The lowest BCUT2D eigenvalue weighted by Crippen LogP contribution is -2.36. The highest BCUT2D eigenvalue weighted by Crippen LogP contribution is 2.32. The van der Waals surface area contributed by atoms with Crippen LogP contribution in [0.2, 0.25) is 0 Å². The summed E-state index contributed by atoms with van der Waals surface area (Å²) in [6.45, 7) is 4.79. The molecule has 0 radical (unpaired) electrons. The van der Waals surface area contributed by atoms with Crippen LogP contribution in [0.4, 0.5) is 0 Å². The number of aromatic hydroxyl groups is 1. The first-order valence-corrected chi connectivity index (χ1v) is 7.72. The summed E-state index contributed by atoms with van der Waals surface area (Å²) in [5.41, 5.74) is 0.990. The standard InChI is InChI=1S/C13H17Br2NO2/c14-11-8-10(13(17)12(15)9-11)2-1-3-16-4-6-18-7-5-16/h8-9,17H,1-7H2. The van der Waals surface area contributed by atoms with Gasteiger partial charge in [-0.05, 0) is 53.0 Å². The van der Waals surface area contributed by atoms with E-state index < -0.39 is 0 Å². The average molecular weight is 379 g/mol. The molecule has 0 aromatic heterocycles. The monoisotopic (exact) mass is 377 g/mol. The van der Waals surface area contributed by atoms with E-state index in [-0.39, 0.29) is 0 Å². The predicted octanol–water partition coefficient (Wildman–Crippen LogP) is 3.18. The number of hydrogen-bond donors (Lipinski definition) is 1. The van der Waals surface area contributed by atoms with Crippen LogP contribution in [0, 0.1) is 0 Å². The van der Waals surface area contributed by atoms with Crippen molar-refractivity contribution in [2.75, 3.05) is 32.8 Å². The Hall–Kier alpha value is -0.100. The lowest BCUT2D eigenvalue weighted by Gasteiger charge is -2.26. The summed E-state index contributed by atoms with van der Waals surface area (Å²) >= 11 is 6.81. The molecule has 0 saturated carbocycles. The van der Waals surface area contributed by atoms with E-state index in [1.807, 2.05) is 12.1 Å². The highest BCUT2D eigenvalue weighted by atomic mass is 79.9. The van der Waals surface area contributed by atoms with Gasteiger partial charge in [0.05, 0.1) is 17.7 Å². The molecule has 5 heteroatoms. The number of aryl methyl sites for hydroxylation is 1. The van der Waals surface area contributed by atoms with Gasteiger partial charge in [-0.1, -0.05) is 15.9 Å². The number of halogens is 2. The molecule has 100 valence electrons. The van der Waals surface area contributed by atoms with Gasteiger partial charge in [0.2, 0.25) is 0 Å². The van der Waals surface area contributed by atoms with E-state index in [2.05, 4.69) is 36.8 Å². The summed E-state index contributed by atoms with van der Waals surface area (Å²) in [5, 5.41) is 9.96. The smallest absolute Gasteiger partial charge is 0.133 e. The summed E-state index contributed by atoms with van der Waals surface area (Å²) in [5.74, 6) is 0.361. The number of hydrogen-bond acceptors (Lipinski definition) is 3. The van der Waals surface area contributed by atoms with Gasteiger partial charge in [-0.2, -0.15) is 0 Å². The lowest BCUT2D eigenvalue weighted by molar-refractivity contribution is 0.0374. The van der Waals surface area contributed by atoms with Crippen molar-refractivity contribution >= 4 is 31.9 Å². The summed E-state index contributed by atoms with van der Waals surface area (Å²) in [7, 11) is 0. The Morgan fingerprint density at radius 1 is 1.22 bits per heavy atom. The van der Waals surface area contributed by atoms with E-state index in [1.54, 1.807) is 0 Å². The summed E-state index contributed by atoms with van der Waals surface area (Å²) < 4.78 is 7.06. The third-order valence-electron chi connectivity index (χ3n) is 3.13. The molecule has 1 aromatic rings. The zero-order chi connectivity index (χ0) is 13.0. The molecule has 0 spiro atoms. The lowest BCUT2D eigenvalue weighted by atomic mass is 10.1. The minimum Gasteiger partial charge on any atom is -0.506 e. The molecule has 1 aliphatic rings. The van der Waals surface area contributed by atoms with Crippen LogP contribution < -0.4 is 0 Å². The summed E-state index contributed by atoms with van der Waals surface area (Å²) in [6.07, 6.45) is 1.94. The van der Waals surface area contributed by atoms with Crippen LogP contribution in [0.5, 0.6) is 5.75 Å². The van der Waals surface area contributed by atoms with Crippen molar-refractivity contribution in [3.63, 3.8) is 0 Å². The van der Waals surface area contributed by atoms with Gasteiger partial charge in [-0.25, -0.2) is 0 Å². The third-order valence-corrected chi connectivity index (χ3v) is 4.19. The van der Waals surface area contributed by atoms with Crippen LogP contribution in [0.1, 0.15) is 12.0 Å². The Morgan fingerprint density at radius 3 is 2.67 bits per heavy atom. The topological polar surface area (TPSA) is 32.7 Å². The van der Waals surface area contributed by atoms with Crippen LogP contribution in [-0.4, -0.2) is 42.9 Å². The van der Waals surface area contributed by atoms with Gasteiger partial charge >= 0.3 is 0 Å². The van der Waals surface area contributed by atoms with Gasteiger partial charge in [0, 0.05) is 17.6 Å². The number of ether oxygens (including phenoxy) is 1. The fraction of sp³-hybridized carbons (Fsp3) is 0.538. The second-order valence-corrected chi connectivity index (χ2v) is 6.22. The first-order valence-electron chi connectivity index (χ1n) is 6.14. The average Bonchev–Trinajstić information content (AvgIpc) is 2.36. The molecule has 1 heterocycles. The van der Waals surface area contributed by atoms with Crippen molar-refractivity contribution < 1.29 is 9.84 Å². The Kier molecular flexibility index (Phi) is 5.48. The molecule has 0 atom stereocenters. The molecular formula is C13H17Br2NO2. The molecule has 0 amide bonds. The molecule has 1 N–H and O–H groups in total. The molecule has 1 fully saturated rings. The summed E-state index contributed by atoms with van der Waals surface area (Å²) in [4.78, 5) is 2.41. The quantitative estimate of drug-likeness (QED) is 0.873. The van der Waals surface area contributed by atoms with Crippen LogP contribution in [0.25, 0.3) is 0 Å². The number of phenols is 1. The second-order valence-electron chi connectivity index (χ2n) is 4.45. The highest BCUT2D eigenvalue weighted by molar-refractivity contribution is 9.11. The van der Waals surface area contributed by atoms with Crippen molar-refractivity contribution in [1.82, 2.24) is 4.90 Å². The van der Waals surface area contributed by atoms with Crippen molar-refractivity contribution in [1.29, 1.82) is 0 Å². The van der Waals surface area contributed by atoms with Gasteiger partial charge < -0.3 is 9.84 Å². The van der Waals surface area contributed by atoms with Crippen LogP contribution >= 0.6 is 31.9 Å². The third kappa shape index (κ3) is 3.95. The van der Waals surface area contributed by atoms with E-state index in [1.165, 1.54) is 0 Å². The fourth-order valence-electron chi connectivity index (χ4n) is 2.13. The SMILES string of the molecule is Oc1c(Br)cc(Br)cc1CCCN1CCOCC1. The molecule has 2 rings (SSSR count). The van der Waals surface area contributed by atoms with Crippen molar-refractivity contribution in [3.05, 3.63) is 26.6 Å². The maximum absolute atomic E-state index is 9.96. The molecular weight excluding hydrogens is 362 g/mol. The summed E-state index contributed by atoms with van der Waals surface area (Å²) in [6, 6.07) is 3.85. The van der Waals surface area contributed by atoms with Crippen molar-refractivity contribution in [2.45, 2.75) is 12.8 Å². The second kappa shape index (κ2) is 6.89. The minimum absolute atomic E-state index is 0.361. The van der Waals surface area contributed by atoms with Crippen LogP contribution in [-0.2, 0) is 11.2 Å². The Labute approximate surface area is 124 Å². The molecule has 0 unspecified atom stereocenters. The zero-order valence-electron chi connectivity index (χ0n) is 10.2. The number of benzene rings is 1. The maximum atomic E-state index is 9.96. The fourth-order valence-corrected chi connectivity index (χ4v) is 3.44. The molecule has 1 aliphatic heterocycles. The molecule has 0 aliphatic carbocycles. The first-order chi connectivity index (χ1) is 8.66. The predicted molar refractivity (Wildman–Crippen MR) is 79.1 cm³/mol. The molecule has 18 heavy (non-hydrogen) atoms. The van der Waals surface area contributed by atoms with Crippen LogP contribution in [0.3, 0.4) is 0 Å². The minimum atomic E-state index is 0.361.